The number of H-pyrrole nitrogens is 1. The largest absolute Gasteiger partial charge is 0.454 e. The lowest BCUT2D eigenvalue weighted by molar-refractivity contribution is 0.174. The Morgan fingerprint density at radius 2 is 1.86 bits per heavy atom. The van der Waals surface area contributed by atoms with Crippen molar-refractivity contribution in [1.82, 2.24) is 9.97 Å². The van der Waals surface area contributed by atoms with Crippen LogP contribution in [0.1, 0.15) is 18.9 Å². The maximum atomic E-state index is 9.59. The summed E-state index contributed by atoms with van der Waals surface area (Å²) in [6, 6.07) is 11.8. The molecule has 1 aromatic heterocycles. The quantitative estimate of drug-likeness (QED) is 0.758. The summed E-state index contributed by atoms with van der Waals surface area (Å²) in [5.41, 5.74) is 3.85. The summed E-state index contributed by atoms with van der Waals surface area (Å²) in [4.78, 5) is 7.50. The van der Waals surface area contributed by atoms with Crippen LogP contribution in [0.4, 0.5) is 0 Å². The minimum atomic E-state index is -0.605. The Kier molecular flexibility index (Phi) is 2.62. The molecule has 0 fully saturated rings. The predicted molar refractivity (Wildman–Crippen MR) is 78.3 cm³/mol. The van der Waals surface area contributed by atoms with Crippen LogP contribution in [0.3, 0.4) is 0 Å². The first-order chi connectivity index (χ1) is 10.2. The van der Waals surface area contributed by atoms with Gasteiger partial charge in [-0.25, -0.2) is 4.98 Å². The Bertz CT molecular complexity index is 824. The Hall–Kier alpha value is -2.53. The molecule has 2 heterocycles. The van der Waals surface area contributed by atoms with Crippen LogP contribution in [0.15, 0.2) is 36.4 Å². The smallest absolute Gasteiger partial charge is 0.231 e. The van der Waals surface area contributed by atoms with E-state index in [9.17, 15) is 5.11 Å². The van der Waals surface area contributed by atoms with Crippen molar-refractivity contribution in [1.29, 1.82) is 0 Å². The van der Waals surface area contributed by atoms with E-state index in [4.69, 9.17) is 9.47 Å². The van der Waals surface area contributed by atoms with E-state index in [2.05, 4.69) is 9.97 Å². The SMILES string of the molecule is C[C@@H](O)c1nc2ccc(-c3ccc4c(c3)OCO4)cc2[nH]1. The molecule has 3 aromatic rings. The Labute approximate surface area is 121 Å². The highest BCUT2D eigenvalue weighted by Crippen LogP contribution is 2.36. The number of hydrogen-bond donors (Lipinski definition) is 2. The van der Waals surface area contributed by atoms with Crippen LogP contribution >= 0.6 is 0 Å². The number of aliphatic hydroxyl groups excluding tert-OH is 1. The van der Waals surface area contributed by atoms with Gasteiger partial charge in [-0.3, -0.25) is 0 Å². The molecular formula is C16H14N2O3. The third-order valence-electron chi connectivity index (χ3n) is 3.60. The summed E-state index contributed by atoms with van der Waals surface area (Å²) in [5, 5.41) is 9.59. The number of aromatic nitrogens is 2. The summed E-state index contributed by atoms with van der Waals surface area (Å²) in [6.45, 7) is 1.96. The van der Waals surface area contributed by atoms with Crippen molar-refractivity contribution >= 4 is 11.0 Å². The van der Waals surface area contributed by atoms with Crippen LogP contribution in [0.2, 0.25) is 0 Å². The second-order valence-electron chi connectivity index (χ2n) is 5.10. The Balaban J connectivity index is 1.79. The first-order valence-corrected chi connectivity index (χ1v) is 6.78. The van der Waals surface area contributed by atoms with Crippen LogP contribution in [-0.2, 0) is 0 Å². The van der Waals surface area contributed by atoms with E-state index in [1.165, 1.54) is 0 Å². The average molecular weight is 282 g/mol. The zero-order valence-corrected chi connectivity index (χ0v) is 11.5. The summed E-state index contributed by atoms with van der Waals surface area (Å²) < 4.78 is 10.7. The lowest BCUT2D eigenvalue weighted by Crippen LogP contribution is -1.92. The first kappa shape index (κ1) is 12.2. The van der Waals surface area contributed by atoms with Gasteiger partial charge in [0.25, 0.3) is 0 Å². The van der Waals surface area contributed by atoms with Crippen molar-refractivity contribution in [2.75, 3.05) is 6.79 Å². The molecular weight excluding hydrogens is 268 g/mol. The molecule has 0 amide bonds. The Morgan fingerprint density at radius 3 is 2.71 bits per heavy atom. The van der Waals surface area contributed by atoms with E-state index >= 15 is 0 Å². The third-order valence-corrected chi connectivity index (χ3v) is 3.60. The standard InChI is InChI=1S/C16H14N2O3/c1-9(19)16-17-12-4-2-10(6-13(12)18-16)11-3-5-14-15(7-11)21-8-20-14/h2-7,9,19H,8H2,1H3,(H,17,18)/t9-/m1/s1. The maximum Gasteiger partial charge on any atom is 0.231 e. The highest BCUT2D eigenvalue weighted by Gasteiger charge is 2.14. The molecule has 0 saturated heterocycles. The second-order valence-corrected chi connectivity index (χ2v) is 5.10. The minimum absolute atomic E-state index is 0.274. The average Bonchev–Trinajstić information content (AvgIpc) is 3.12. The van der Waals surface area contributed by atoms with E-state index in [0.29, 0.717) is 5.82 Å². The van der Waals surface area contributed by atoms with Gasteiger partial charge in [-0.15, -0.1) is 0 Å². The van der Waals surface area contributed by atoms with Crippen LogP contribution < -0.4 is 9.47 Å². The molecule has 106 valence electrons. The molecule has 0 spiro atoms. The molecule has 5 heteroatoms. The highest BCUT2D eigenvalue weighted by molar-refractivity contribution is 5.82. The van der Waals surface area contributed by atoms with Gasteiger partial charge in [0, 0.05) is 0 Å². The number of ether oxygens (including phenoxy) is 2. The zero-order chi connectivity index (χ0) is 14.4. The minimum Gasteiger partial charge on any atom is -0.454 e. The number of hydrogen-bond acceptors (Lipinski definition) is 4. The highest BCUT2D eigenvalue weighted by atomic mass is 16.7. The van der Waals surface area contributed by atoms with Crippen molar-refractivity contribution in [3.8, 4) is 22.6 Å². The number of rotatable bonds is 2. The molecule has 1 atom stereocenters. The summed E-state index contributed by atoms with van der Waals surface area (Å²) in [6.07, 6.45) is -0.605. The lowest BCUT2D eigenvalue weighted by Gasteiger charge is -2.03. The molecule has 1 aliphatic rings. The second kappa shape index (κ2) is 4.49. The van der Waals surface area contributed by atoms with Crippen molar-refractivity contribution < 1.29 is 14.6 Å². The fourth-order valence-electron chi connectivity index (χ4n) is 2.48. The van der Waals surface area contributed by atoms with E-state index < -0.39 is 6.10 Å². The fourth-order valence-corrected chi connectivity index (χ4v) is 2.48. The molecule has 0 saturated carbocycles. The van der Waals surface area contributed by atoms with Crippen molar-refractivity contribution in [3.05, 3.63) is 42.2 Å². The van der Waals surface area contributed by atoms with Gasteiger partial charge in [0.15, 0.2) is 11.5 Å². The van der Waals surface area contributed by atoms with Crippen molar-refractivity contribution in [2.45, 2.75) is 13.0 Å². The number of benzene rings is 2. The molecule has 5 nitrogen and oxygen atoms in total. The van der Waals surface area contributed by atoms with Crippen LogP contribution in [0, 0.1) is 0 Å². The number of nitrogens with one attached hydrogen (secondary N) is 1. The summed E-state index contributed by atoms with van der Waals surface area (Å²) in [7, 11) is 0. The maximum absolute atomic E-state index is 9.59. The van der Waals surface area contributed by atoms with Crippen LogP contribution in [-0.4, -0.2) is 21.9 Å². The molecule has 2 aromatic carbocycles. The molecule has 0 bridgehead atoms. The molecule has 21 heavy (non-hydrogen) atoms. The molecule has 0 unspecified atom stereocenters. The van der Waals surface area contributed by atoms with Gasteiger partial charge in [0.1, 0.15) is 11.9 Å². The topological polar surface area (TPSA) is 67.4 Å². The summed E-state index contributed by atoms with van der Waals surface area (Å²) >= 11 is 0. The Morgan fingerprint density at radius 1 is 1.10 bits per heavy atom. The van der Waals surface area contributed by atoms with Gasteiger partial charge in [-0.05, 0) is 42.3 Å². The normalized spacial score (nSPS) is 14.6. The van der Waals surface area contributed by atoms with Crippen LogP contribution in [0.5, 0.6) is 11.5 Å². The number of imidazole rings is 1. The first-order valence-electron chi connectivity index (χ1n) is 6.78. The fraction of sp³-hybridized carbons (Fsp3) is 0.188. The molecule has 1 aliphatic heterocycles. The zero-order valence-electron chi connectivity index (χ0n) is 11.5. The van der Waals surface area contributed by atoms with Crippen LogP contribution in [0.25, 0.3) is 22.2 Å². The van der Waals surface area contributed by atoms with Gasteiger partial charge in [0.2, 0.25) is 6.79 Å². The molecule has 4 rings (SSSR count). The lowest BCUT2D eigenvalue weighted by atomic mass is 10.0. The summed E-state index contributed by atoms with van der Waals surface area (Å²) in [5.74, 6) is 2.12. The third kappa shape index (κ3) is 2.02. The molecule has 0 aliphatic carbocycles. The monoisotopic (exact) mass is 282 g/mol. The number of nitrogens with zero attached hydrogens (tertiary/aromatic N) is 1. The van der Waals surface area contributed by atoms with Gasteiger partial charge >= 0.3 is 0 Å². The van der Waals surface area contributed by atoms with Gasteiger partial charge in [-0.2, -0.15) is 0 Å². The van der Waals surface area contributed by atoms with Crippen molar-refractivity contribution in [2.24, 2.45) is 0 Å². The number of aliphatic hydroxyl groups is 1. The molecule has 2 N–H and O–H groups in total. The van der Waals surface area contributed by atoms with Crippen molar-refractivity contribution in [3.63, 3.8) is 0 Å². The molecule has 0 radical (unpaired) electrons. The number of aromatic amines is 1. The van der Waals surface area contributed by atoms with E-state index in [0.717, 1.165) is 33.7 Å². The van der Waals surface area contributed by atoms with Gasteiger partial charge < -0.3 is 19.6 Å². The van der Waals surface area contributed by atoms with E-state index in [-0.39, 0.29) is 6.79 Å². The van der Waals surface area contributed by atoms with Gasteiger partial charge in [-0.1, -0.05) is 12.1 Å². The predicted octanol–water partition coefficient (Wildman–Crippen LogP) is 3.01. The van der Waals surface area contributed by atoms with E-state index in [1.54, 1.807) is 6.92 Å². The van der Waals surface area contributed by atoms with Gasteiger partial charge in [0.05, 0.1) is 11.0 Å². The van der Waals surface area contributed by atoms with E-state index in [1.807, 2.05) is 36.4 Å². The number of fused-ring (bicyclic) bond motifs is 2.